The molecule has 0 radical (unpaired) electrons. The van der Waals surface area contributed by atoms with Crippen LogP contribution in [0.25, 0.3) is 0 Å². The predicted molar refractivity (Wildman–Crippen MR) is 153 cm³/mol. The molecule has 198 valence electrons. The fourth-order valence-electron chi connectivity index (χ4n) is 3.96. The number of nitrogens with zero attached hydrogens (tertiary/aromatic N) is 5. The maximum atomic E-state index is 12.9. The van der Waals surface area contributed by atoms with E-state index in [0.29, 0.717) is 39.3 Å². The molecule has 0 aliphatic rings. The van der Waals surface area contributed by atoms with Gasteiger partial charge in [-0.1, -0.05) is 37.3 Å². The molecular formula is C29H40N6O2. The van der Waals surface area contributed by atoms with Crippen LogP contribution in [0.2, 0.25) is 0 Å². The Hall–Kier alpha value is -3.94. The van der Waals surface area contributed by atoms with Crippen molar-refractivity contribution in [3.63, 3.8) is 0 Å². The van der Waals surface area contributed by atoms with Gasteiger partial charge in [-0.25, -0.2) is 0 Å². The van der Waals surface area contributed by atoms with Crippen molar-refractivity contribution in [2.45, 2.75) is 26.7 Å². The summed E-state index contributed by atoms with van der Waals surface area (Å²) in [5, 5.41) is 3.41. The molecular weight excluding hydrogens is 464 g/mol. The van der Waals surface area contributed by atoms with E-state index < -0.39 is 0 Å². The van der Waals surface area contributed by atoms with Gasteiger partial charge < -0.3 is 20.0 Å². The zero-order valence-corrected chi connectivity index (χ0v) is 22.4. The third-order valence-electron chi connectivity index (χ3n) is 5.90. The minimum Gasteiger partial charge on any atom is -0.375 e. The lowest BCUT2D eigenvalue weighted by Crippen LogP contribution is -2.39. The molecule has 8 heteroatoms. The monoisotopic (exact) mass is 504 g/mol. The Balaban J connectivity index is 2.10. The molecule has 0 aliphatic carbocycles. The summed E-state index contributed by atoms with van der Waals surface area (Å²) >= 11 is 0. The van der Waals surface area contributed by atoms with Crippen molar-refractivity contribution in [3.05, 3.63) is 79.2 Å². The molecule has 1 aromatic carbocycles. The van der Waals surface area contributed by atoms with Crippen molar-refractivity contribution in [1.29, 1.82) is 0 Å². The van der Waals surface area contributed by atoms with Gasteiger partial charge in [0.25, 0.3) is 5.91 Å². The molecule has 1 heterocycles. The van der Waals surface area contributed by atoms with E-state index >= 15 is 0 Å². The second-order valence-corrected chi connectivity index (χ2v) is 8.72. The van der Waals surface area contributed by atoms with Crippen molar-refractivity contribution >= 4 is 29.5 Å². The van der Waals surface area contributed by atoms with E-state index in [1.807, 2.05) is 57.3 Å². The fourth-order valence-corrected chi connectivity index (χ4v) is 3.96. The maximum absolute atomic E-state index is 12.9. The van der Waals surface area contributed by atoms with Crippen LogP contribution in [0.4, 0.5) is 11.4 Å². The van der Waals surface area contributed by atoms with Gasteiger partial charge in [0.2, 0.25) is 6.41 Å². The Labute approximate surface area is 221 Å². The van der Waals surface area contributed by atoms with Crippen LogP contribution in [0.3, 0.4) is 0 Å². The van der Waals surface area contributed by atoms with Crippen molar-refractivity contribution in [2.75, 3.05) is 56.5 Å². The molecule has 0 atom stereocenters. The molecule has 0 unspecified atom stereocenters. The van der Waals surface area contributed by atoms with Gasteiger partial charge in [0.05, 0.1) is 30.7 Å². The van der Waals surface area contributed by atoms with Crippen LogP contribution in [0, 0.1) is 6.92 Å². The number of aliphatic imine (C=N–C) groups is 1. The molecule has 0 aliphatic heterocycles. The van der Waals surface area contributed by atoms with Crippen LogP contribution >= 0.6 is 0 Å². The molecule has 0 saturated carbocycles. The number of anilines is 2. The Bertz CT molecular complexity index is 1070. The number of nitrogens with one attached hydrogen (secondary N) is 1. The van der Waals surface area contributed by atoms with Crippen molar-refractivity contribution in [1.82, 2.24) is 14.8 Å². The normalized spacial score (nSPS) is 10.9. The van der Waals surface area contributed by atoms with Gasteiger partial charge in [-0.05, 0) is 37.5 Å². The van der Waals surface area contributed by atoms with E-state index in [2.05, 4.69) is 28.4 Å². The Kier molecular flexibility index (Phi) is 12.6. The minimum atomic E-state index is 0.0199. The van der Waals surface area contributed by atoms with E-state index in [0.717, 1.165) is 47.6 Å². The molecule has 1 N–H and O–H groups in total. The van der Waals surface area contributed by atoms with Crippen LogP contribution < -0.4 is 10.2 Å². The summed E-state index contributed by atoms with van der Waals surface area (Å²) in [6, 6.07) is 9.47. The molecule has 0 fully saturated rings. The average molecular weight is 505 g/mol. The van der Waals surface area contributed by atoms with E-state index in [9.17, 15) is 9.59 Å². The Morgan fingerprint density at radius 3 is 2.59 bits per heavy atom. The molecule has 2 aromatic rings. The lowest BCUT2D eigenvalue weighted by molar-refractivity contribution is -0.107. The standard InChI is InChI=1S/C29H40N6O2/c1-6-15-31-28(22-32-26-21-30-16-14-27(26)35(23-36)18-8-3)34(17-7-2)20-11-19-33(5)29(37)25-13-10-9-12-24(25)4/h6-7,9-10,12-14,16,21,23,32H,1-2,8,11,15,17-20,22H2,3-5H3. The quantitative estimate of drug-likeness (QED) is 0.159. The highest BCUT2D eigenvalue weighted by Gasteiger charge is 2.16. The molecule has 2 rings (SSSR count). The lowest BCUT2D eigenvalue weighted by Gasteiger charge is -2.28. The Morgan fingerprint density at radius 1 is 1.14 bits per heavy atom. The number of aryl methyl sites for hydroxylation is 1. The lowest BCUT2D eigenvalue weighted by atomic mass is 10.1. The third-order valence-corrected chi connectivity index (χ3v) is 5.90. The Morgan fingerprint density at radius 2 is 1.92 bits per heavy atom. The summed E-state index contributed by atoms with van der Waals surface area (Å²) in [4.78, 5) is 39.1. The predicted octanol–water partition coefficient (Wildman–Crippen LogP) is 4.41. The van der Waals surface area contributed by atoms with Crippen LogP contribution in [-0.4, -0.2) is 79.3 Å². The molecule has 0 saturated heterocycles. The second kappa shape index (κ2) is 15.9. The topological polar surface area (TPSA) is 81.1 Å². The minimum absolute atomic E-state index is 0.0199. The number of amidine groups is 1. The first-order valence-electron chi connectivity index (χ1n) is 12.7. The number of pyridine rings is 1. The number of hydrogen-bond acceptors (Lipinski definition) is 5. The summed E-state index contributed by atoms with van der Waals surface area (Å²) < 4.78 is 0. The van der Waals surface area contributed by atoms with E-state index in [1.165, 1.54) is 0 Å². The summed E-state index contributed by atoms with van der Waals surface area (Å²) in [6.45, 7) is 15.2. The van der Waals surface area contributed by atoms with Gasteiger partial charge in [0.15, 0.2) is 0 Å². The summed E-state index contributed by atoms with van der Waals surface area (Å²) in [6.07, 6.45) is 9.45. The highest BCUT2D eigenvalue weighted by Crippen LogP contribution is 2.23. The zero-order valence-electron chi connectivity index (χ0n) is 22.4. The van der Waals surface area contributed by atoms with Crippen molar-refractivity contribution in [2.24, 2.45) is 4.99 Å². The highest BCUT2D eigenvalue weighted by molar-refractivity contribution is 5.95. The molecule has 0 spiro atoms. The van der Waals surface area contributed by atoms with Crippen molar-refractivity contribution < 1.29 is 9.59 Å². The van der Waals surface area contributed by atoms with Crippen LogP contribution in [-0.2, 0) is 4.79 Å². The number of carbonyl (C=O) groups excluding carboxylic acids is 2. The summed E-state index contributed by atoms with van der Waals surface area (Å²) in [7, 11) is 1.83. The molecule has 37 heavy (non-hydrogen) atoms. The first-order valence-corrected chi connectivity index (χ1v) is 12.7. The van der Waals surface area contributed by atoms with E-state index in [4.69, 9.17) is 4.99 Å². The molecule has 0 bridgehead atoms. The van der Waals surface area contributed by atoms with Crippen LogP contribution in [0.5, 0.6) is 0 Å². The number of hydrogen-bond donors (Lipinski definition) is 1. The van der Waals surface area contributed by atoms with Crippen molar-refractivity contribution in [3.8, 4) is 0 Å². The third kappa shape index (κ3) is 8.90. The number of benzene rings is 1. The number of aromatic nitrogens is 1. The fraction of sp³-hybridized carbons (Fsp3) is 0.379. The van der Waals surface area contributed by atoms with Crippen LogP contribution in [0.1, 0.15) is 35.7 Å². The van der Waals surface area contributed by atoms with E-state index in [-0.39, 0.29) is 5.91 Å². The molecule has 2 amide bonds. The smallest absolute Gasteiger partial charge is 0.253 e. The maximum Gasteiger partial charge on any atom is 0.253 e. The highest BCUT2D eigenvalue weighted by atomic mass is 16.2. The van der Waals surface area contributed by atoms with Gasteiger partial charge in [0, 0.05) is 45.0 Å². The van der Waals surface area contributed by atoms with Gasteiger partial charge in [-0.3, -0.25) is 19.6 Å². The SMILES string of the molecule is C=CCN=C(CNc1cnccc1N(C=O)CCC)N(CC=C)CCCN(C)C(=O)c1ccccc1C. The number of amides is 2. The molecule has 1 aromatic heterocycles. The van der Waals surface area contributed by atoms with Gasteiger partial charge in [-0.15, -0.1) is 13.2 Å². The average Bonchev–Trinajstić information content (AvgIpc) is 2.91. The van der Waals surface area contributed by atoms with Crippen LogP contribution in [0.15, 0.2) is 73.0 Å². The summed E-state index contributed by atoms with van der Waals surface area (Å²) in [5.41, 5.74) is 3.24. The van der Waals surface area contributed by atoms with E-state index in [1.54, 1.807) is 28.3 Å². The summed E-state index contributed by atoms with van der Waals surface area (Å²) in [5.74, 6) is 0.863. The largest absolute Gasteiger partial charge is 0.375 e. The van der Waals surface area contributed by atoms with Gasteiger partial charge in [0.1, 0.15) is 5.84 Å². The second-order valence-electron chi connectivity index (χ2n) is 8.72. The first-order chi connectivity index (χ1) is 18.0. The number of carbonyl (C=O) groups is 2. The van der Waals surface area contributed by atoms with Gasteiger partial charge in [-0.2, -0.15) is 0 Å². The van der Waals surface area contributed by atoms with Gasteiger partial charge >= 0.3 is 0 Å². The first kappa shape index (κ1) is 29.3. The molecule has 8 nitrogen and oxygen atoms in total. The number of rotatable bonds is 16. The zero-order chi connectivity index (χ0) is 27.0.